The quantitative estimate of drug-likeness (QED) is 0.540. The summed E-state index contributed by atoms with van der Waals surface area (Å²) in [4.78, 5) is 12.0. The molecule has 1 aromatic heterocycles. The van der Waals surface area contributed by atoms with Gasteiger partial charge in [0, 0.05) is 16.1 Å². The van der Waals surface area contributed by atoms with Gasteiger partial charge < -0.3 is 0 Å². The molecule has 3 aromatic rings. The van der Waals surface area contributed by atoms with Gasteiger partial charge in [-0.15, -0.1) is 0 Å². The predicted molar refractivity (Wildman–Crippen MR) is 88.8 cm³/mol. The normalized spacial score (nSPS) is 11.1. The number of ketones is 1. The number of aromatic nitrogens is 2. The van der Waals surface area contributed by atoms with Crippen LogP contribution in [0.1, 0.15) is 16.1 Å². The molecule has 0 aliphatic heterocycles. The molecule has 2 aromatic carbocycles. The van der Waals surface area contributed by atoms with Crippen LogP contribution in [-0.4, -0.2) is 16.0 Å². The van der Waals surface area contributed by atoms with Gasteiger partial charge in [-0.25, -0.2) is 8.78 Å². The van der Waals surface area contributed by atoms with Crippen LogP contribution in [-0.2, 0) is 0 Å². The maximum Gasteiger partial charge on any atom is 0.185 e. The first-order valence-corrected chi connectivity index (χ1v) is 7.39. The highest BCUT2D eigenvalue weighted by Crippen LogP contribution is 2.20. The Morgan fingerprint density at radius 3 is 2.50 bits per heavy atom. The number of H-pyrrole nitrogens is 1. The SMILES string of the molecule is O=C(/C=C/c1cc(-c2ccc(F)c(F)c2)n[nH]1)c1ccc(Cl)cc1. The van der Waals surface area contributed by atoms with Gasteiger partial charge in [-0.3, -0.25) is 9.89 Å². The van der Waals surface area contributed by atoms with Crippen LogP contribution in [0.3, 0.4) is 0 Å². The monoisotopic (exact) mass is 344 g/mol. The number of nitrogens with one attached hydrogen (secondary N) is 1. The minimum absolute atomic E-state index is 0.185. The summed E-state index contributed by atoms with van der Waals surface area (Å²) < 4.78 is 26.2. The zero-order valence-corrected chi connectivity index (χ0v) is 13.0. The molecule has 0 saturated heterocycles. The van der Waals surface area contributed by atoms with E-state index in [4.69, 9.17) is 11.6 Å². The standard InChI is InChI=1S/C18H11ClF2N2O/c19-13-4-1-11(2-5-13)18(24)8-6-14-10-17(23-22-14)12-3-7-15(20)16(21)9-12/h1-10H,(H,22,23)/b8-6+. The van der Waals surface area contributed by atoms with E-state index in [9.17, 15) is 13.6 Å². The van der Waals surface area contributed by atoms with Crippen molar-refractivity contribution in [3.63, 3.8) is 0 Å². The minimum atomic E-state index is -0.939. The van der Waals surface area contributed by atoms with Gasteiger partial charge in [0.15, 0.2) is 17.4 Å². The number of aromatic amines is 1. The van der Waals surface area contributed by atoms with E-state index in [0.717, 1.165) is 12.1 Å². The average Bonchev–Trinajstić information content (AvgIpc) is 3.05. The highest BCUT2D eigenvalue weighted by molar-refractivity contribution is 6.30. The summed E-state index contributed by atoms with van der Waals surface area (Å²) in [6.07, 6.45) is 2.96. The van der Waals surface area contributed by atoms with E-state index in [-0.39, 0.29) is 5.78 Å². The average molecular weight is 345 g/mol. The van der Waals surface area contributed by atoms with Gasteiger partial charge >= 0.3 is 0 Å². The van der Waals surface area contributed by atoms with E-state index >= 15 is 0 Å². The van der Waals surface area contributed by atoms with Crippen LogP contribution in [0.25, 0.3) is 17.3 Å². The van der Waals surface area contributed by atoms with Crippen molar-refractivity contribution >= 4 is 23.5 Å². The Bertz CT molecular complexity index is 917. The third-order valence-corrected chi connectivity index (χ3v) is 3.61. The highest BCUT2D eigenvalue weighted by Gasteiger charge is 2.07. The van der Waals surface area contributed by atoms with Crippen molar-refractivity contribution in [2.24, 2.45) is 0 Å². The second kappa shape index (κ2) is 6.76. The third kappa shape index (κ3) is 3.58. The first-order valence-electron chi connectivity index (χ1n) is 7.02. The molecule has 3 nitrogen and oxygen atoms in total. The molecule has 1 N–H and O–H groups in total. The van der Waals surface area contributed by atoms with Gasteiger partial charge in [-0.2, -0.15) is 5.10 Å². The smallest absolute Gasteiger partial charge is 0.185 e. The van der Waals surface area contributed by atoms with Crippen molar-refractivity contribution in [2.45, 2.75) is 0 Å². The lowest BCUT2D eigenvalue weighted by molar-refractivity contribution is 0.104. The van der Waals surface area contributed by atoms with E-state index in [0.29, 0.717) is 27.5 Å². The van der Waals surface area contributed by atoms with Crippen LogP contribution in [0.4, 0.5) is 8.78 Å². The van der Waals surface area contributed by atoms with Crippen molar-refractivity contribution < 1.29 is 13.6 Å². The number of halogens is 3. The zero-order valence-electron chi connectivity index (χ0n) is 12.3. The Morgan fingerprint density at radius 2 is 1.79 bits per heavy atom. The number of hydrogen-bond acceptors (Lipinski definition) is 2. The minimum Gasteiger partial charge on any atom is -0.289 e. The molecule has 3 rings (SSSR count). The Labute approximate surface area is 141 Å². The summed E-state index contributed by atoms with van der Waals surface area (Å²) in [5.41, 5.74) is 1.97. The topological polar surface area (TPSA) is 45.8 Å². The molecular formula is C18H11ClF2N2O. The molecule has 0 atom stereocenters. The molecule has 1 heterocycles. The Balaban J connectivity index is 1.77. The van der Waals surface area contributed by atoms with Gasteiger partial charge in [0.1, 0.15) is 0 Å². The molecule has 0 aliphatic rings. The van der Waals surface area contributed by atoms with Crippen molar-refractivity contribution in [2.75, 3.05) is 0 Å². The summed E-state index contributed by atoms with van der Waals surface area (Å²) in [6.45, 7) is 0. The molecule has 0 aliphatic carbocycles. The number of hydrogen-bond donors (Lipinski definition) is 1. The van der Waals surface area contributed by atoms with Crippen LogP contribution in [0.5, 0.6) is 0 Å². The molecule has 0 saturated carbocycles. The van der Waals surface area contributed by atoms with Crippen molar-refractivity contribution in [1.82, 2.24) is 10.2 Å². The number of carbonyl (C=O) groups excluding carboxylic acids is 1. The van der Waals surface area contributed by atoms with Crippen LogP contribution in [0.2, 0.25) is 5.02 Å². The maximum atomic E-state index is 13.3. The lowest BCUT2D eigenvalue weighted by Crippen LogP contribution is -1.93. The summed E-state index contributed by atoms with van der Waals surface area (Å²) >= 11 is 5.78. The number of allylic oxidation sites excluding steroid dienone is 1. The van der Waals surface area contributed by atoms with E-state index in [1.54, 1.807) is 36.4 Å². The number of benzene rings is 2. The molecule has 24 heavy (non-hydrogen) atoms. The summed E-state index contributed by atoms with van der Waals surface area (Å²) in [7, 11) is 0. The van der Waals surface area contributed by atoms with Crippen LogP contribution >= 0.6 is 11.6 Å². The first kappa shape index (κ1) is 16.1. The van der Waals surface area contributed by atoms with Gasteiger partial charge in [-0.05, 0) is 60.7 Å². The highest BCUT2D eigenvalue weighted by atomic mass is 35.5. The number of rotatable bonds is 4. The summed E-state index contributed by atoms with van der Waals surface area (Å²) in [5, 5.41) is 7.31. The molecule has 0 spiro atoms. The zero-order chi connectivity index (χ0) is 17.1. The molecule has 0 radical (unpaired) electrons. The van der Waals surface area contributed by atoms with Gasteiger partial charge in [-0.1, -0.05) is 11.6 Å². The fourth-order valence-corrected chi connectivity index (χ4v) is 2.23. The van der Waals surface area contributed by atoms with E-state index in [2.05, 4.69) is 10.2 Å². The third-order valence-electron chi connectivity index (χ3n) is 3.36. The lowest BCUT2D eigenvalue weighted by Gasteiger charge is -1.96. The van der Waals surface area contributed by atoms with Gasteiger partial charge in [0.25, 0.3) is 0 Å². The Hall–Kier alpha value is -2.79. The molecule has 0 bridgehead atoms. The number of carbonyl (C=O) groups is 1. The number of nitrogens with zero attached hydrogens (tertiary/aromatic N) is 1. The maximum absolute atomic E-state index is 13.3. The molecule has 0 fully saturated rings. The lowest BCUT2D eigenvalue weighted by atomic mass is 10.1. The fourth-order valence-electron chi connectivity index (χ4n) is 2.10. The van der Waals surface area contributed by atoms with E-state index in [1.807, 2.05) is 0 Å². The van der Waals surface area contributed by atoms with Crippen molar-refractivity contribution in [3.05, 3.63) is 82.5 Å². The molecular weight excluding hydrogens is 334 g/mol. The predicted octanol–water partition coefficient (Wildman–Crippen LogP) is 4.90. The van der Waals surface area contributed by atoms with Gasteiger partial charge in [0.05, 0.1) is 11.4 Å². The van der Waals surface area contributed by atoms with Crippen LogP contribution in [0, 0.1) is 11.6 Å². The molecule has 6 heteroatoms. The van der Waals surface area contributed by atoms with E-state index in [1.165, 1.54) is 12.1 Å². The van der Waals surface area contributed by atoms with E-state index < -0.39 is 11.6 Å². The summed E-state index contributed by atoms with van der Waals surface area (Å²) in [6, 6.07) is 11.7. The second-order valence-electron chi connectivity index (χ2n) is 5.04. The Morgan fingerprint density at radius 1 is 1.04 bits per heavy atom. The fraction of sp³-hybridized carbons (Fsp3) is 0. The first-order chi connectivity index (χ1) is 11.5. The van der Waals surface area contributed by atoms with Crippen LogP contribution in [0.15, 0.2) is 54.6 Å². The molecule has 0 amide bonds. The molecule has 120 valence electrons. The van der Waals surface area contributed by atoms with Crippen LogP contribution < -0.4 is 0 Å². The van der Waals surface area contributed by atoms with Crippen molar-refractivity contribution in [3.8, 4) is 11.3 Å². The largest absolute Gasteiger partial charge is 0.289 e. The van der Waals surface area contributed by atoms with Gasteiger partial charge in [0.2, 0.25) is 0 Å². The second-order valence-corrected chi connectivity index (χ2v) is 5.48. The Kier molecular flexibility index (Phi) is 4.53. The summed E-state index contributed by atoms with van der Waals surface area (Å²) in [5.74, 6) is -2.04. The van der Waals surface area contributed by atoms with Crippen molar-refractivity contribution in [1.29, 1.82) is 0 Å². The molecule has 0 unspecified atom stereocenters.